The van der Waals surface area contributed by atoms with Crippen molar-refractivity contribution in [3.05, 3.63) is 30.6 Å². The van der Waals surface area contributed by atoms with Crippen LogP contribution in [0.15, 0.2) is 24.9 Å². The number of nitrogens with one attached hydrogen (secondary N) is 1. The van der Waals surface area contributed by atoms with Gasteiger partial charge in [-0.3, -0.25) is 14.3 Å². The molecule has 3 rings (SSSR count). The molecular formula is C17H24N4O3. The third-order valence-electron chi connectivity index (χ3n) is 4.92. The molecule has 2 saturated heterocycles. The summed E-state index contributed by atoms with van der Waals surface area (Å²) in [4.78, 5) is 25.9. The van der Waals surface area contributed by atoms with Gasteiger partial charge in [-0.1, -0.05) is 6.58 Å². The summed E-state index contributed by atoms with van der Waals surface area (Å²) >= 11 is 0. The molecule has 0 bridgehead atoms. The SMILES string of the molecule is C=CC(=O)N1CCC(C(=O)N[C@H]2CCO[C@@H]2c2ccnn2C)CC1. The van der Waals surface area contributed by atoms with Crippen LogP contribution >= 0.6 is 0 Å². The molecule has 0 unspecified atom stereocenters. The molecule has 7 nitrogen and oxygen atoms in total. The van der Waals surface area contributed by atoms with Crippen molar-refractivity contribution in [3.63, 3.8) is 0 Å². The Balaban J connectivity index is 1.56. The Morgan fingerprint density at radius 2 is 2.12 bits per heavy atom. The van der Waals surface area contributed by atoms with Crippen molar-refractivity contribution in [1.82, 2.24) is 20.0 Å². The number of hydrogen-bond acceptors (Lipinski definition) is 4. The van der Waals surface area contributed by atoms with E-state index in [4.69, 9.17) is 4.74 Å². The largest absolute Gasteiger partial charge is 0.370 e. The molecule has 2 aliphatic rings. The number of aryl methyl sites for hydroxylation is 1. The second-order valence-electron chi connectivity index (χ2n) is 6.38. The van der Waals surface area contributed by atoms with Gasteiger partial charge in [-0.15, -0.1) is 0 Å². The van der Waals surface area contributed by atoms with E-state index in [1.807, 2.05) is 13.1 Å². The van der Waals surface area contributed by atoms with Crippen LogP contribution in [0.2, 0.25) is 0 Å². The second kappa shape index (κ2) is 7.17. The number of likely N-dealkylation sites (tertiary alicyclic amines) is 1. The molecule has 0 aliphatic carbocycles. The maximum atomic E-state index is 12.6. The second-order valence-corrected chi connectivity index (χ2v) is 6.38. The minimum absolute atomic E-state index is 0.0271. The molecule has 130 valence electrons. The minimum atomic E-state index is -0.149. The Kier molecular flexibility index (Phi) is 4.99. The van der Waals surface area contributed by atoms with Gasteiger partial charge >= 0.3 is 0 Å². The van der Waals surface area contributed by atoms with Crippen LogP contribution in [0, 0.1) is 5.92 Å². The van der Waals surface area contributed by atoms with E-state index >= 15 is 0 Å². The summed E-state index contributed by atoms with van der Waals surface area (Å²) in [6.07, 6.45) is 5.10. The lowest BCUT2D eigenvalue weighted by molar-refractivity contribution is -0.132. The monoisotopic (exact) mass is 332 g/mol. The van der Waals surface area contributed by atoms with Gasteiger partial charge in [0, 0.05) is 38.9 Å². The van der Waals surface area contributed by atoms with Crippen molar-refractivity contribution in [2.75, 3.05) is 19.7 Å². The molecule has 1 N–H and O–H groups in total. The summed E-state index contributed by atoms with van der Waals surface area (Å²) in [5.74, 6) is -0.0515. The molecule has 1 aromatic heterocycles. The number of nitrogens with zero attached hydrogens (tertiary/aromatic N) is 3. The molecule has 0 aromatic carbocycles. The fraction of sp³-hybridized carbons (Fsp3) is 0.588. The maximum absolute atomic E-state index is 12.6. The molecule has 0 spiro atoms. The van der Waals surface area contributed by atoms with Crippen molar-refractivity contribution in [3.8, 4) is 0 Å². The van der Waals surface area contributed by atoms with E-state index in [0.29, 0.717) is 32.5 Å². The molecule has 2 atom stereocenters. The van der Waals surface area contributed by atoms with Gasteiger partial charge in [0.2, 0.25) is 11.8 Å². The van der Waals surface area contributed by atoms with E-state index in [1.165, 1.54) is 6.08 Å². The molecule has 24 heavy (non-hydrogen) atoms. The number of piperidine rings is 1. The molecule has 0 saturated carbocycles. The minimum Gasteiger partial charge on any atom is -0.370 e. The van der Waals surface area contributed by atoms with Crippen molar-refractivity contribution in [1.29, 1.82) is 0 Å². The molecule has 2 amide bonds. The summed E-state index contributed by atoms with van der Waals surface area (Å²) in [6, 6.07) is 1.90. The van der Waals surface area contributed by atoms with Gasteiger partial charge in [0.15, 0.2) is 0 Å². The third-order valence-corrected chi connectivity index (χ3v) is 4.92. The lowest BCUT2D eigenvalue weighted by Crippen LogP contribution is -2.45. The predicted molar refractivity (Wildman–Crippen MR) is 87.9 cm³/mol. The van der Waals surface area contributed by atoms with Crippen LogP contribution in [0.5, 0.6) is 0 Å². The van der Waals surface area contributed by atoms with E-state index in [9.17, 15) is 9.59 Å². The molecule has 2 aliphatic heterocycles. The number of carbonyl (C=O) groups is 2. The van der Waals surface area contributed by atoms with Crippen molar-refractivity contribution in [2.24, 2.45) is 13.0 Å². The Morgan fingerprint density at radius 3 is 2.75 bits per heavy atom. The van der Waals surface area contributed by atoms with Crippen LogP contribution in [0.1, 0.15) is 31.1 Å². The summed E-state index contributed by atoms with van der Waals surface area (Å²) in [7, 11) is 1.88. The van der Waals surface area contributed by atoms with E-state index in [-0.39, 0.29) is 29.9 Å². The van der Waals surface area contributed by atoms with Gasteiger partial charge in [-0.2, -0.15) is 5.10 Å². The fourth-order valence-corrected chi connectivity index (χ4v) is 3.48. The van der Waals surface area contributed by atoms with Crippen molar-refractivity contribution >= 4 is 11.8 Å². The zero-order valence-electron chi connectivity index (χ0n) is 14.0. The number of aromatic nitrogens is 2. The summed E-state index contributed by atoms with van der Waals surface area (Å²) in [5, 5.41) is 7.32. The lowest BCUT2D eigenvalue weighted by Gasteiger charge is -2.31. The Labute approximate surface area is 141 Å². The molecule has 2 fully saturated rings. The van der Waals surface area contributed by atoms with Gasteiger partial charge in [0.1, 0.15) is 6.10 Å². The quantitative estimate of drug-likeness (QED) is 0.827. The maximum Gasteiger partial charge on any atom is 0.245 e. The molecular weight excluding hydrogens is 308 g/mol. The number of rotatable bonds is 4. The summed E-state index contributed by atoms with van der Waals surface area (Å²) in [6.45, 7) is 5.35. The lowest BCUT2D eigenvalue weighted by atomic mass is 9.95. The highest BCUT2D eigenvalue weighted by Gasteiger charge is 2.35. The molecule has 0 radical (unpaired) electrons. The van der Waals surface area contributed by atoms with Crippen LogP contribution in [0.4, 0.5) is 0 Å². The average Bonchev–Trinajstić information content (AvgIpc) is 3.22. The molecule has 1 aromatic rings. The first-order valence-corrected chi connectivity index (χ1v) is 8.41. The Bertz CT molecular complexity index is 619. The van der Waals surface area contributed by atoms with Gasteiger partial charge in [0.25, 0.3) is 0 Å². The highest BCUT2D eigenvalue weighted by atomic mass is 16.5. The highest BCUT2D eigenvalue weighted by molar-refractivity contribution is 5.87. The van der Waals surface area contributed by atoms with E-state index < -0.39 is 0 Å². The van der Waals surface area contributed by atoms with Crippen LogP contribution < -0.4 is 5.32 Å². The fourth-order valence-electron chi connectivity index (χ4n) is 3.48. The highest BCUT2D eigenvalue weighted by Crippen LogP contribution is 2.29. The molecule has 3 heterocycles. The Hall–Kier alpha value is -2.15. The zero-order chi connectivity index (χ0) is 17.1. The van der Waals surface area contributed by atoms with Crippen LogP contribution in [-0.2, 0) is 21.4 Å². The van der Waals surface area contributed by atoms with E-state index in [2.05, 4.69) is 17.0 Å². The topological polar surface area (TPSA) is 76.5 Å². The zero-order valence-corrected chi connectivity index (χ0v) is 14.0. The van der Waals surface area contributed by atoms with Gasteiger partial charge in [-0.05, 0) is 31.4 Å². The van der Waals surface area contributed by atoms with Crippen molar-refractivity contribution < 1.29 is 14.3 Å². The van der Waals surface area contributed by atoms with Gasteiger partial charge in [0.05, 0.1) is 11.7 Å². The first kappa shape index (κ1) is 16.7. The third kappa shape index (κ3) is 3.36. The smallest absolute Gasteiger partial charge is 0.245 e. The predicted octanol–water partition coefficient (Wildman–Crippen LogP) is 0.791. The van der Waals surface area contributed by atoms with Gasteiger partial charge < -0.3 is 15.0 Å². The van der Waals surface area contributed by atoms with Crippen LogP contribution in [0.25, 0.3) is 0 Å². The standard InChI is InChI=1S/C17H24N4O3/c1-3-15(22)21-9-5-12(6-10-21)17(23)19-13-7-11-24-16(13)14-4-8-18-20(14)2/h3-4,8,12-13,16H,1,5-7,9-11H2,2H3,(H,19,23)/t13-,16-/m0/s1. The van der Waals surface area contributed by atoms with Crippen LogP contribution in [0.3, 0.4) is 0 Å². The normalized spacial score (nSPS) is 24.8. The average molecular weight is 332 g/mol. The molecule has 7 heteroatoms. The Morgan fingerprint density at radius 1 is 1.38 bits per heavy atom. The first-order chi connectivity index (χ1) is 11.6. The van der Waals surface area contributed by atoms with E-state index in [1.54, 1.807) is 15.8 Å². The number of carbonyl (C=O) groups excluding carboxylic acids is 2. The summed E-state index contributed by atoms with van der Waals surface area (Å²) < 4.78 is 7.59. The van der Waals surface area contributed by atoms with Gasteiger partial charge in [-0.25, -0.2) is 0 Å². The van der Waals surface area contributed by atoms with Crippen molar-refractivity contribution in [2.45, 2.75) is 31.4 Å². The number of amides is 2. The van der Waals surface area contributed by atoms with Crippen LogP contribution in [-0.4, -0.2) is 52.2 Å². The number of ether oxygens (including phenoxy) is 1. The summed E-state index contributed by atoms with van der Waals surface area (Å²) in [5.41, 5.74) is 0.976. The first-order valence-electron chi connectivity index (χ1n) is 8.41. The number of hydrogen-bond donors (Lipinski definition) is 1. The van der Waals surface area contributed by atoms with E-state index in [0.717, 1.165) is 12.1 Å².